The molecule has 0 aliphatic carbocycles. The number of hydrogen-bond donors (Lipinski definition) is 0. The molecule has 0 atom stereocenters. The molecule has 0 saturated heterocycles. The first-order valence-corrected chi connectivity index (χ1v) is 6.35. The molecule has 0 aliphatic heterocycles. The van der Waals surface area contributed by atoms with Crippen molar-refractivity contribution in [1.82, 2.24) is 0 Å². The van der Waals surface area contributed by atoms with Crippen LogP contribution >= 0.6 is 0 Å². The van der Waals surface area contributed by atoms with E-state index < -0.39 is 0 Å². The van der Waals surface area contributed by atoms with Gasteiger partial charge in [-0.1, -0.05) is 0 Å². The van der Waals surface area contributed by atoms with Crippen LogP contribution in [-0.2, 0) is 28.8 Å². The van der Waals surface area contributed by atoms with Gasteiger partial charge in [0.25, 0.3) is 0 Å². The summed E-state index contributed by atoms with van der Waals surface area (Å²) in [4.78, 5) is 60.2. The van der Waals surface area contributed by atoms with Crippen molar-refractivity contribution in [3.63, 3.8) is 0 Å². The SMILES string of the molecule is CC(=O)CC(C)=O.CC(=O)CC(C)=O.CC(=O)CC(C)=O.[Tm]. The first-order valence-electron chi connectivity index (χ1n) is 6.35. The quantitative estimate of drug-likeness (QED) is 0.549. The first-order chi connectivity index (χ1) is 9.38. The molecule has 0 rings (SSSR count). The van der Waals surface area contributed by atoms with Gasteiger partial charge in [-0.3, -0.25) is 28.8 Å². The number of carbonyl (C=O) groups excluding carboxylic acids is 6. The van der Waals surface area contributed by atoms with E-state index >= 15 is 0 Å². The Morgan fingerprint density at radius 3 is 0.500 bits per heavy atom. The van der Waals surface area contributed by atoms with E-state index in [0.717, 1.165) is 0 Å². The van der Waals surface area contributed by atoms with Crippen molar-refractivity contribution in [2.45, 2.75) is 60.8 Å². The van der Waals surface area contributed by atoms with Gasteiger partial charge >= 0.3 is 0 Å². The third kappa shape index (κ3) is 50.7. The van der Waals surface area contributed by atoms with Crippen LogP contribution in [0.1, 0.15) is 60.8 Å². The molecule has 0 amide bonds. The van der Waals surface area contributed by atoms with Crippen molar-refractivity contribution in [2.24, 2.45) is 0 Å². The number of rotatable bonds is 6. The van der Waals surface area contributed by atoms with Crippen LogP contribution in [0, 0.1) is 36.9 Å². The van der Waals surface area contributed by atoms with Crippen LogP contribution in [0.25, 0.3) is 0 Å². The standard InChI is InChI=1S/3C5H8O2.Tm/c3*1-4(6)3-5(2)7;/h3*3H2,1-2H3;. The second kappa shape index (κ2) is 18.3. The second-order valence-electron chi connectivity index (χ2n) is 4.74. The molecule has 0 aliphatic rings. The molecule has 7 heteroatoms. The fourth-order valence-electron chi connectivity index (χ4n) is 1.05. The molecule has 6 nitrogen and oxygen atoms in total. The molecule has 0 aromatic heterocycles. The van der Waals surface area contributed by atoms with Crippen LogP contribution in [-0.4, -0.2) is 34.7 Å². The van der Waals surface area contributed by atoms with E-state index in [2.05, 4.69) is 0 Å². The largest absolute Gasteiger partial charge is 0.300 e. The Labute approximate surface area is 160 Å². The van der Waals surface area contributed by atoms with Crippen LogP contribution in [0.4, 0.5) is 0 Å². The summed E-state index contributed by atoms with van der Waals surface area (Å²) in [6, 6.07) is 0. The first kappa shape index (κ1) is 29.3. The van der Waals surface area contributed by atoms with Gasteiger partial charge < -0.3 is 0 Å². The Hall–Kier alpha value is -0.746. The van der Waals surface area contributed by atoms with Gasteiger partial charge in [0.15, 0.2) is 0 Å². The summed E-state index contributed by atoms with van der Waals surface area (Å²) < 4.78 is 0. The molecule has 0 fully saturated rings. The van der Waals surface area contributed by atoms with E-state index in [9.17, 15) is 28.8 Å². The van der Waals surface area contributed by atoms with Gasteiger partial charge in [0.1, 0.15) is 34.7 Å². The number of Topliss-reactive ketones (excluding diaryl/α,β-unsaturated/α-hetero) is 6. The fourth-order valence-corrected chi connectivity index (χ4v) is 1.05. The Kier molecular flexibility index (Phi) is 24.4. The average Bonchev–Trinajstić information content (AvgIpc) is 2.10. The topological polar surface area (TPSA) is 102 Å². The van der Waals surface area contributed by atoms with Crippen LogP contribution < -0.4 is 0 Å². The maximum absolute atomic E-state index is 10.0. The van der Waals surface area contributed by atoms with E-state index in [1.807, 2.05) is 0 Å². The number of hydrogen-bond acceptors (Lipinski definition) is 6. The molecule has 0 heterocycles. The predicted molar refractivity (Wildman–Crippen MR) is 77.9 cm³/mol. The van der Waals surface area contributed by atoms with E-state index in [1.165, 1.54) is 41.5 Å². The third-order valence-electron chi connectivity index (χ3n) is 1.49. The molecule has 1 radical (unpaired) electrons. The Morgan fingerprint density at radius 2 is 0.500 bits per heavy atom. The normalized spacial score (nSPS) is 7.91. The van der Waals surface area contributed by atoms with E-state index in [-0.39, 0.29) is 90.8 Å². The van der Waals surface area contributed by atoms with Crippen LogP contribution in [0.2, 0.25) is 0 Å². The van der Waals surface area contributed by atoms with Gasteiger partial charge in [0.05, 0.1) is 19.3 Å². The number of carbonyl (C=O) groups is 6. The summed E-state index contributed by atoms with van der Waals surface area (Å²) in [5, 5.41) is 0. The molecule has 0 saturated carbocycles. The summed E-state index contributed by atoms with van der Waals surface area (Å²) in [5.41, 5.74) is 0. The van der Waals surface area contributed by atoms with E-state index in [0.29, 0.717) is 0 Å². The molecule has 0 aromatic rings. The van der Waals surface area contributed by atoms with Gasteiger partial charge in [-0.15, -0.1) is 0 Å². The smallest absolute Gasteiger partial charge is 0.137 e. The molecule has 0 aromatic carbocycles. The summed E-state index contributed by atoms with van der Waals surface area (Å²) >= 11 is 0. The Morgan fingerprint density at radius 1 is 0.409 bits per heavy atom. The summed E-state index contributed by atoms with van der Waals surface area (Å²) in [5.74, 6) is -0.375. The minimum Gasteiger partial charge on any atom is -0.300 e. The summed E-state index contributed by atoms with van der Waals surface area (Å²) in [7, 11) is 0. The molecule has 0 bridgehead atoms. The van der Waals surface area contributed by atoms with Gasteiger partial charge in [-0.2, -0.15) is 0 Å². The van der Waals surface area contributed by atoms with Crippen molar-refractivity contribution in [2.75, 3.05) is 0 Å². The molecular formula is C15H24O6Tm. The molecule has 0 N–H and O–H groups in total. The fraction of sp³-hybridized carbons (Fsp3) is 0.600. The van der Waals surface area contributed by atoms with Crippen molar-refractivity contribution >= 4 is 34.7 Å². The molecule has 133 valence electrons. The van der Waals surface area contributed by atoms with Crippen molar-refractivity contribution in [1.29, 1.82) is 0 Å². The Bertz CT molecular complexity index is 314. The minimum atomic E-state index is -0.0625. The van der Waals surface area contributed by atoms with Gasteiger partial charge in [-0.25, -0.2) is 0 Å². The average molecular weight is 469 g/mol. The summed E-state index contributed by atoms with van der Waals surface area (Å²) in [6.07, 6.45) is 0.250. The third-order valence-corrected chi connectivity index (χ3v) is 1.49. The second-order valence-corrected chi connectivity index (χ2v) is 4.74. The van der Waals surface area contributed by atoms with E-state index in [1.54, 1.807) is 0 Å². The van der Waals surface area contributed by atoms with Gasteiger partial charge in [0, 0.05) is 36.9 Å². The zero-order valence-corrected chi connectivity index (χ0v) is 15.6. The molecule has 22 heavy (non-hydrogen) atoms. The van der Waals surface area contributed by atoms with Crippen LogP contribution in [0.3, 0.4) is 0 Å². The van der Waals surface area contributed by atoms with Crippen molar-refractivity contribution in [3.8, 4) is 0 Å². The van der Waals surface area contributed by atoms with Crippen molar-refractivity contribution in [3.05, 3.63) is 0 Å². The minimum absolute atomic E-state index is 0. The van der Waals surface area contributed by atoms with E-state index in [4.69, 9.17) is 0 Å². The van der Waals surface area contributed by atoms with Crippen molar-refractivity contribution < 1.29 is 65.6 Å². The van der Waals surface area contributed by atoms with Crippen LogP contribution in [0.5, 0.6) is 0 Å². The maximum atomic E-state index is 10.0. The monoisotopic (exact) mass is 469 g/mol. The van der Waals surface area contributed by atoms with Gasteiger partial charge in [-0.05, 0) is 41.5 Å². The van der Waals surface area contributed by atoms with Gasteiger partial charge in [0.2, 0.25) is 0 Å². The maximum Gasteiger partial charge on any atom is 0.137 e. The molecule has 0 spiro atoms. The zero-order chi connectivity index (χ0) is 17.6. The molecular weight excluding hydrogens is 445 g/mol. The Balaban J connectivity index is -0.000000108. The zero-order valence-electron chi connectivity index (χ0n) is 13.8. The predicted octanol–water partition coefficient (Wildman–Crippen LogP) is 1.66. The molecule has 0 unspecified atom stereocenters. The van der Waals surface area contributed by atoms with Crippen LogP contribution in [0.15, 0.2) is 0 Å². The summed E-state index contributed by atoms with van der Waals surface area (Å²) in [6.45, 7) is 8.42. The number of ketones is 6.